The second kappa shape index (κ2) is 8.77. The number of amides is 2. The molecule has 0 unspecified atom stereocenters. The summed E-state index contributed by atoms with van der Waals surface area (Å²) in [6.07, 6.45) is 1.67. The number of ether oxygens (including phenoxy) is 2. The second-order valence-corrected chi connectivity index (χ2v) is 5.73. The molecule has 1 aromatic carbocycles. The summed E-state index contributed by atoms with van der Waals surface area (Å²) in [5.74, 6) is 1.88. The van der Waals surface area contributed by atoms with Crippen LogP contribution in [-0.2, 0) is 6.54 Å². The van der Waals surface area contributed by atoms with Gasteiger partial charge in [0.05, 0.1) is 26.1 Å². The van der Waals surface area contributed by atoms with Crippen LogP contribution < -0.4 is 25.4 Å². The fourth-order valence-corrected chi connectivity index (χ4v) is 2.18. The van der Waals surface area contributed by atoms with E-state index in [-0.39, 0.29) is 12.1 Å². The molecule has 0 spiro atoms. The van der Waals surface area contributed by atoms with Gasteiger partial charge in [-0.05, 0) is 43.7 Å². The van der Waals surface area contributed by atoms with E-state index in [4.69, 9.17) is 9.47 Å². The maximum Gasteiger partial charge on any atom is 0.320 e. The minimum atomic E-state index is -0.270. The smallest absolute Gasteiger partial charge is 0.320 e. The molecule has 0 aliphatic heterocycles. The van der Waals surface area contributed by atoms with E-state index < -0.39 is 0 Å². The van der Waals surface area contributed by atoms with Gasteiger partial charge in [-0.25, -0.2) is 9.78 Å². The normalized spacial score (nSPS) is 10.3. The number of aromatic nitrogens is 1. The highest BCUT2D eigenvalue weighted by Gasteiger charge is 2.06. The predicted molar refractivity (Wildman–Crippen MR) is 98.4 cm³/mol. The topological polar surface area (TPSA) is 84.5 Å². The second-order valence-electron chi connectivity index (χ2n) is 5.73. The Morgan fingerprint density at radius 1 is 1.12 bits per heavy atom. The number of nitrogens with one attached hydrogen (secondary N) is 3. The Morgan fingerprint density at radius 2 is 1.88 bits per heavy atom. The number of urea groups is 1. The molecule has 1 aromatic heterocycles. The van der Waals surface area contributed by atoms with Crippen LogP contribution in [0.5, 0.6) is 11.5 Å². The van der Waals surface area contributed by atoms with Crippen LogP contribution in [0, 0.1) is 0 Å². The first kappa shape index (κ1) is 18.4. The molecule has 0 saturated carbocycles. The number of carbonyl (C=O) groups excluding carboxylic acids is 1. The average Bonchev–Trinajstić information content (AvgIpc) is 2.60. The zero-order valence-electron chi connectivity index (χ0n) is 14.9. The Hall–Kier alpha value is -2.96. The molecule has 1 heterocycles. The van der Waals surface area contributed by atoms with Gasteiger partial charge in [-0.15, -0.1) is 0 Å². The average molecular weight is 344 g/mol. The van der Waals surface area contributed by atoms with Crippen molar-refractivity contribution in [1.82, 2.24) is 10.3 Å². The first-order valence-electron chi connectivity index (χ1n) is 8.00. The van der Waals surface area contributed by atoms with Crippen molar-refractivity contribution < 1.29 is 14.3 Å². The van der Waals surface area contributed by atoms with Crippen molar-refractivity contribution in [3.8, 4) is 11.5 Å². The Kier molecular flexibility index (Phi) is 6.45. The van der Waals surface area contributed by atoms with Crippen molar-refractivity contribution in [2.45, 2.75) is 26.4 Å². The van der Waals surface area contributed by atoms with Crippen molar-refractivity contribution >= 4 is 17.5 Å². The number of nitrogens with zero attached hydrogens (tertiary/aromatic N) is 1. The van der Waals surface area contributed by atoms with Gasteiger partial charge in [0.2, 0.25) is 0 Å². The van der Waals surface area contributed by atoms with Gasteiger partial charge in [0.1, 0.15) is 5.82 Å². The molecule has 0 bridgehead atoms. The van der Waals surface area contributed by atoms with E-state index in [0.717, 1.165) is 11.3 Å². The molecule has 3 N–H and O–H groups in total. The van der Waals surface area contributed by atoms with Gasteiger partial charge in [-0.3, -0.25) is 5.32 Å². The van der Waals surface area contributed by atoms with Crippen LogP contribution in [0.25, 0.3) is 0 Å². The van der Waals surface area contributed by atoms with Crippen LogP contribution in [-0.4, -0.2) is 31.3 Å². The fraction of sp³-hybridized carbons (Fsp3) is 0.333. The van der Waals surface area contributed by atoms with E-state index in [9.17, 15) is 4.79 Å². The largest absolute Gasteiger partial charge is 0.493 e. The molecule has 2 rings (SSSR count). The molecule has 134 valence electrons. The highest BCUT2D eigenvalue weighted by atomic mass is 16.5. The van der Waals surface area contributed by atoms with Crippen LogP contribution in [0.4, 0.5) is 16.3 Å². The fourth-order valence-electron chi connectivity index (χ4n) is 2.18. The number of carbonyl (C=O) groups is 1. The zero-order valence-corrected chi connectivity index (χ0v) is 14.9. The first-order valence-corrected chi connectivity index (χ1v) is 8.00. The summed E-state index contributed by atoms with van der Waals surface area (Å²) in [4.78, 5) is 15.9. The molecular weight excluding hydrogens is 320 g/mol. The van der Waals surface area contributed by atoms with Crippen molar-refractivity contribution in [1.29, 1.82) is 0 Å². The van der Waals surface area contributed by atoms with E-state index in [1.807, 2.05) is 38.1 Å². The summed E-state index contributed by atoms with van der Waals surface area (Å²) in [6.45, 7) is 4.41. The molecule has 0 fully saturated rings. The highest BCUT2D eigenvalue weighted by molar-refractivity contribution is 5.88. The van der Waals surface area contributed by atoms with Gasteiger partial charge in [-0.1, -0.05) is 6.07 Å². The number of pyridine rings is 1. The SMILES string of the molecule is COc1ccc(CNc2ccc(NC(=O)NC(C)C)nc2)cc1OC. The Labute approximate surface area is 147 Å². The standard InChI is InChI=1S/C18H24N4O3/c1-12(2)21-18(23)22-17-8-6-14(11-20-17)19-10-13-5-7-15(24-3)16(9-13)25-4/h5-9,11-12,19H,10H2,1-4H3,(H2,20,21,22,23). The summed E-state index contributed by atoms with van der Waals surface area (Å²) >= 11 is 0. The quantitative estimate of drug-likeness (QED) is 0.718. The molecule has 2 aromatic rings. The summed E-state index contributed by atoms with van der Waals surface area (Å²) in [6, 6.07) is 9.17. The van der Waals surface area contributed by atoms with E-state index in [2.05, 4.69) is 20.9 Å². The molecule has 0 atom stereocenters. The third kappa shape index (κ3) is 5.56. The number of benzene rings is 1. The van der Waals surface area contributed by atoms with Gasteiger partial charge in [0.25, 0.3) is 0 Å². The lowest BCUT2D eigenvalue weighted by Crippen LogP contribution is -2.34. The molecule has 25 heavy (non-hydrogen) atoms. The maximum absolute atomic E-state index is 11.6. The molecule has 0 aliphatic rings. The summed E-state index contributed by atoms with van der Waals surface area (Å²) in [5.41, 5.74) is 1.90. The molecule has 2 amide bonds. The predicted octanol–water partition coefficient (Wildman–Crippen LogP) is 3.24. The minimum Gasteiger partial charge on any atom is -0.493 e. The first-order chi connectivity index (χ1) is 12.0. The van der Waals surface area contributed by atoms with Crippen LogP contribution in [0.2, 0.25) is 0 Å². The summed E-state index contributed by atoms with van der Waals surface area (Å²) < 4.78 is 10.5. The monoisotopic (exact) mass is 344 g/mol. The third-order valence-corrected chi connectivity index (χ3v) is 3.37. The lowest BCUT2D eigenvalue weighted by Gasteiger charge is -2.12. The lowest BCUT2D eigenvalue weighted by atomic mass is 10.2. The number of hydrogen-bond donors (Lipinski definition) is 3. The van der Waals surface area contributed by atoms with Crippen LogP contribution in [0.15, 0.2) is 36.5 Å². The van der Waals surface area contributed by atoms with Crippen molar-refractivity contribution in [2.24, 2.45) is 0 Å². The van der Waals surface area contributed by atoms with Crippen molar-refractivity contribution in [2.75, 3.05) is 24.9 Å². The Balaban J connectivity index is 1.92. The third-order valence-electron chi connectivity index (χ3n) is 3.37. The lowest BCUT2D eigenvalue weighted by molar-refractivity contribution is 0.250. The Morgan fingerprint density at radius 3 is 2.48 bits per heavy atom. The molecule has 0 saturated heterocycles. The van der Waals surface area contributed by atoms with Crippen molar-refractivity contribution in [3.05, 3.63) is 42.1 Å². The number of hydrogen-bond acceptors (Lipinski definition) is 5. The van der Waals surface area contributed by atoms with Gasteiger partial charge >= 0.3 is 6.03 Å². The molecule has 7 heteroatoms. The van der Waals surface area contributed by atoms with Crippen LogP contribution >= 0.6 is 0 Å². The summed E-state index contributed by atoms with van der Waals surface area (Å²) in [7, 11) is 3.22. The summed E-state index contributed by atoms with van der Waals surface area (Å²) in [5, 5.41) is 8.70. The number of anilines is 2. The van der Waals surface area contributed by atoms with E-state index in [0.29, 0.717) is 23.9 Å². The van der Waals surface area contributed by atoms with Gasteiger partial charge < -0.3 is 20.1 Å². The highest BCUT2D eigenvalue weighted by Crippen LogP contribution is 2.27. The van der Waals surface area contributed by atoms with Crippen LogP contribution in [0.1, 0.15) is 19.4 Å². The van der Waals surface area contributed by atoms with E-state index >= 15 is 0 Å². The number of methoxy groups -OCH3 is 2. The van der Waals surface area contributed by atoms with E-state index in [1.165, 1.54) is 0 Å². The van der Waals surface area contributed by atoms with Crippen molar-refractivity contribution in [3.63, 3.8) is 0 Å². The Bertz CT molecular complexity index is 702. The molecule has 0 radical (unpaired) electrons. The van der Waals surface area contributed by atoms with Gasteiger partial charge in [-0.2, -0.15) is 0 Å². The van der Waals surface area contributed by atoms with Crippen LogP contribution in [0.3, 0.4) is 0 Å². The molecular formula is C18H24N4O3. The maximum atomic E-state index is 11.6. The number of rotatable bonds is 7. The minimum absolute atomic E-state index is 0.0717. The van der Waals surface area contributed by atoms with Gasteiger partial charge in [0, 0.05) is 12.6 Å². The molecule has 7 nitrogen and oxygen atoms in total. The van der Waals surface area contributed by atoms with E-state index in [1.54, 1.807) is 26.5 Å². The van der Waals surface area contributed by atoms with Gasteiger partial charge in [0.15, 0.2) is 11.5 Å². The zero-order chi connectivity index (χ0) is 18.2. The molecule has 0 aliphatic carbocycles.